The largest absolute Gasteiger partial charge is 0.317 e. The van der Waals surface area contributed by atoms with Crippen molar-refractivity contribution in [2.24, 2.45) is 0 Å². The zero-order chi connectivity index (χ0) is 12.3. The Bertz CT molecular complexity index is 525. The van der Waals surface area contributed by atoms with Crippen molar-refractivity contribution in [3.8, 4) is 6.07 Å². The van der Waals surface area contributed by atoms with E-state index in [0.29, 0.717) is 12.8 Å². The van der Waals surface area contributed by atoms with Gasteiger partial charge in [-0.3, -0.25) is 0 Å². The van der Waals surface area contributed by atoms with E-state index in [0.717, 1.165) is 13.1 Å². The van der Waals surface area contributed by atoms with Gasteiger partial charge >= 0.3 is 0 Å². The van der Waals surface area contributed by atoms with Crippen molar-refractivity contribution >= 4 is 9.84 Å². The number of nitriles is 1. The van der Waals surface area contributed by atoms with Crippen LogP contribution in [0.3, 0.4) is 0 Å². The zero-order valence-electron chi connectivity index (χ0n) is 9.26. The number of rotatable bonds is 2. The summed E-state index contributed by atoms with van der Waals surface area (Å²) in [7, 11) is -3.30. The van der Waals surface area contributed by atoms with Crippen LogP contribution in [-0.2, 0) is 9.84 Å². The topological polar surface area (TPSA) is 82.8 Å². The minimum Gasteiger partial charge on any atom is -0.317 e. The number of hydrogen-bond donors (Lipinski definition) is 1. The lowest BCUT2D eigenvalue weighted by Crippen LogP contribution is -2.35. The van der Waals surface area contributed by atoms with Crippen molar-refractivity contribution in [1.82, 2.24) is 10.3 Å². The van der Waals surface area contributed by atoms with Gasteiger partial charge in [0.05, 0.1) is 10.1 Å². The Balaban J connectivity index is 2.27. The highest BCUT2D eigenvalue weighted by atomic mass is 32.2. The molecule has 0 unspecified atom stereocenters. The van der Waals surface area contributed by atoms with Gasteiger partial charge < -0.3 is 5.32 Å². The third kappa shape index (κ3) is 2.46. The van der Waals surface area contributed by atoms with E-state index in [9.17, 15) is 8.42 Å². The average molecular weight is 251 g/mol. The van der Waals surface area contributed by atoms with E-state index in [1.807, 2.05) is 6.07 Å². The number of pyridine rings is 1. The van der Waals surface area contributed by atoms with E-state index in [2.05, 4.69) is 10.3 Å². The zero-order valence-corrected chi connectivity index (χ0v) is 10.1. The normalized spacial score (nSPS) is 17.6. The molecule has 0 atom stereocenters. The van der Waals surface area contributed by atoms with E-state index in [1.165, 1.54) is 18.3 Å². The van der Waals surface area contributed by atoms with Gasteiger partial charge in [-0.2, -0.15) is 5.26 Å². The van der Waals surface area contributed by atoms with Gasteiger partial charge in [0.1, 0.15) is 11.8 Å². The van der Waals surface area contributed by atoms with Crippen LogP contribution in [0.5, 0.6) is 0 Å². The molecule has 0 bridgehead atoms. The summed E-state index contributed by atoms with van der Waals surface area (Å²) in [6.07, 6.45) is 2.53. The number of nitrogens with one attached hydrogen (secondary N) is 1. The Morgan fingerprint density at radius 3 is 2.59 bits per heavy atom. The van der Waals surface area contributed by atoms with Crippen molar-refractivity contribution in [3.05, 3.63) is 24.0 Å². The molecule has 1 saturated heterocycles. The molecular weight excluding hydrogens is 238 g/mol. The van der Waals surface area contributed by atoms with Gasteiger partial charge in [0.25, 0.3) is 0 Å². The van der Waals surface area contributed by atoms with Crippen LogP contribution in [0.1, 0.15) is 18.5 Å². The quantitative estimate of drug-likeness (QED) is 0.826. The van der Waals surface area contributed by atoms with Gasteiger partial charge in [-0.05, 0) is 38.1 Å². The summed E-state index contributed by atoms with van der Waals surface area (Å²) in [5, 5.41) is 11.4. The highest BCUT2D eigenvalue weighted by Gasteiger charge is 2.28. The van der Waals surface area contributed by atoms with Crippen molar-refractivity contribution in [2.75, 3.05) is 13.1 Å². The molecule has 1 aliphatic heterocycles. The van der Waals surface area contributed by atoms with Crippen molar-refractivity contribution in [2.45, 2.75) is 23.0 Å². The predicted octanol–water partition coefficient (Wildman–Crippen LogP) is 0.479. The van der Waals surface area contributed by atoms with Gasteiger partial charge in [0.2, 0.25) is 0 Å². The smallest absolute Gasteiger partial charge is 0.182 e. The van der Waals surface area contributed by atoms with Gasteiger partial charge in [0.15, 0.2) is 9.84 Å². The van der Waals surface area contributed by atoms with Crippen LogP contribution in [-0.4, -0.2) is 31.7 Å². The second-order valence-corrected chi connectivity index (χ2v) is 6.21. The van der Waals surface area contributed by atoms with E-state index < -0.39 is 9.84 Å². The van der Waals surface area contributed by atoms with Crippen molar-refractivity contribution in [3.63, 3.8) is 0 Å². The molecule has 0 radical (unpaired) electrons. The first kappa shape index (κ1) is 12.0. The molecule has 1 aliphatic rings. The van der Waals surface area contributed by atoms with Crippen LogP contribution in [0.15, 0.2) is 23.2 Å². The molecule has 0 amide bonds. The number of hydrogen-bond acceptors (Lipinski definition) is 5. The molecule has 2 rings (SSSR count). The lowest BCUT2D eigenvalue weighted by Gasteiger charge is -2.22. The Morgan fingerprint density at radius 2 is 2.06 bits per heavy atom. The second kappa shape index (κ2) is 4.82. The molecule has 0 spiro atoms. The number of aromatic nitrogens is 1. The molecule has 1 N–H and O–H groups in total. The fraction of sp³-hybridized carbons (Fsp3) is 0.455. The van der Waals surface area contributed by atoms with E-state index >= 15 is 0 Å². The fourth-order valence-electron chi connectivity index (χ4n) is 1.91. The summed E-state index contributed by atoms with van der Waals surface area (Å²) < 4.78 is 24.5. The third-order valence-electron chi connectivity index (χ3n) is 2.90. The van der Waals surface area contributed by atoms with Crippen LogP contribution in [0.2, 0.25) is 0 Å². The molecule has 6 heteroatoms. The van der Waals surface area contributed by atoms with Gasteiger partial charge in [-0.15, -0.1) is 0 Å². The van der Waals surface area contributed by atoms with Gasteiger partial charge in [0, 0.05) is 6.20 Å². The molecule has 1 aromatic heterocycles. The lowest BCUT2D eigenvalue weighted by molar-refractivity contribution is 0.496. The third-order valence-corrected chi connectivity index (χ3v) is 5.15. The number of sulfone groups is 1. The molecule has 17 heavy (non-hydrogen) atoms. The van der Waals surface area contributed by atoms with Gasteiger partial charge in [-0.25, -0.2) is 13.4 Å². The molecule has 90 valence electrons. The highest BCUT2D eigenvalue weighted by Crippen LogP contribution is 2.21. The number of piperidine rings is 1. The molecule has 2 heterocycles. The van der Waals surface area contributed by atoms with Gasteiger partial charge in [-0.1, -0.05) is 0 Å². The van der Waals surface area contributed by atoms with Crippen LogP contribution in [0, 0.1) is 11.3 Å². The second-order valence-electron chi connectivity index (χ2n) is 3.99. The Labute approximate surface area is 100 Å². The van der Waals surface area contributed by atoms with Crippen LogP contribution < -0.4 is 5.32 Å². The molecular formula is C11H13N3O2S. The summed E-state index contributed by atoms with van der Waals surface area (Å²) in [5.41, 5.74) is 0.231. The molecule has 1 fully saturated rings. The van der Waals surface area contributed by atoms with Crippen LogP contribution in [0.25, 0.3) is 0 Å². The highest BCUT2D eigenvalue weighted by molar-refractivity contribution is 7.92. The molecule has 0 aromatic carbocycles. The van der Waals surface area contributed by atoms with Crippen molar-refractivity contribution < 1.29 is 8.42 Å². The van der Waals surface area contributed by atoms with Crippen LogP contribution in [0.4, 0.5) is 0 Å². The summed E-state index contributed by atoms with van der Waals surface area (Å²) in [4.78, 5) is 4.01. The average Bonchev–Trinajstić information content (AvgIpc) is 2.40. The monoisotopic (exact) mass is 251 g/mol. The SMILES string of the molecule is N#Cc1ccc(S(=O)(=O)C2CCNCC2)cn1. The first-order valence-corrected chi connectivity index (χ1v) is 7.00. The fourth-order valence-corrected chi connectivity index (χ4v) is 3.61. The summed E-state index contributed by atoms with van der Waals surface area (Å²) in [5.74, 6) is 0. The van der Waals surface area contributed by atoms with Crippen molar-refractivity contribution in [1.29, 1.82) is 5.26 Å². The summed E-state index contributed by atoms with van der Waals surface area (Å²) in [6, 6.07) is 4.77. The molecule has 0 aliphatic carbocycles. The summed E-state index contributed by atoms with van der Waals surface area (Å²) in [6.45, 7) is 1.46. The predicted molar refractivity (Wildman–Crippen MR) is 62.0 cm³/mol. The molecule has 0 saturated carbocycles. The minimum absolute atomic E-state index is 0.211. The Morgan fingerprint density at radius 1 is 1.35 bits per heavy atom. The standard InChI is InChI=1S/C11H13N3O2S/c12-7-9-1-2-11(8-14-9)17(15,16)10-3-5-13-6-4-10/h1-2,8,10,13H,3-6H2. The number of nitrogens with zero attached hydrogens (tertiary/aromatic N) is 2. The molecule has 1 aromatic rings. The summed E-state index contributed by atoms with van der Waals surface area (Å²) >= 11 is 0. The maximum absolute atomic E-state index is 12.2. The Kier molecular flexibility index (Phi) is 3.41. The van der Waals surface area contributed by atoms with E-state index in [1.54, 1.807) is 0 Å². The van der Waals surface area contributed by atoms with E-state index in [4.69, 9.17) is 5.26 Å². The molecule has 5 nitrogen and oxygen atoms in total. The van der Waals surface area contributed by atoms with Crippen LogP contribution >= 0.6 is 0 Å². The Hall–Kier alpha value is -1.45. The first-order chi connectivity index (χ1) is 8.14. The maximum atomic E-state index is 12.2. The minimum atomic E-state index is -3.30. The lowest BCUT2D eigenvalue weighted by atomic mass is 10.2. The first-order valence-electron chi connectivity index (χ1n) is 5.45. The maximum Gasteiger partial charge on any atom is 0.182 e. The van der Waals surface area contributed by atoms with E-state index in [-0.39, 0.29) is 15.8 Å².